The molecule has 2 unspecified atom stereocenters. The minimum atomic E-state index is -1.12. The molecule has 114 valence electrons. The molecule has 4 atom stereocenters. The van der Waals surface area contributed by atoms with E-state index in [0.29, 0.717) is 0 Å². The normalized spacial score (nSPS) is 29.4. The van der Waals surface area contributed by atoms with E-state index in [2.05, 4.69) is 4.74 Å². The van der Waals surface area contributed by atoms with Gasteiger partial charge in [-0.3, -0.25) is 9.59 Å². The quantitative estimate of drug-likeness (QED) is 0.518. The zero-order valence-corrected chi connectivity index (χ0v) is 11.8. The largest absolute Gasteiger partial charge is 0.467 e. The molecule has 0 radical (unpaired) electrons. The number of hydrogen-bond donors (Lipinski definition) is 0. The van der Waals surface area contributed by atoms with Gasteiger partial charge in [-0.05, 0) is 0 Å². The standard InChI is InChI=1S/C12H18O8/c1-6(13)18-8-5-9(19-7(2)14)12(17-4)20-10(8)11(15)16-3/h8-10,12H,5H2,1-4H3/t8-,9+,10?,12?/m0/s1. The Kier molecular flexibility index (Phi) is 5.90. The number of methoxy groups -OCH3 is 2. The molecule has 0 aromatic carbocycles. The third-order valence-electron chi connectivity index (χ3n) is 2.69. The average molecular weight is 290 g/mol. The lowest BCUT2D eigenvalue weighted by molar-refractivity contribution is -0.264. The molecular formula is C12H18O8. The van der Waals surface area contributed by atoms with Gasteiger partial charge in [-0.1, -0.05) is 0 Å². The molecule has 1 aliphatic rings. The van der Waals surface area contributed by atoms with Gasteiger partial charge in [-0.25, -0.2) is 4.79 Å². The molecule has 0 aromatic rings. The fraction of sp³-hybridized carbons (Fsp3) is 0.750. The fourth-order valence-corrected chi connectivity index (χ4v) is 1.95. The first-order valence-electron chi connectivity index (χ1n) is 5.99. The Morgan fingerprint density at radius 2 is 1.55 bits per heavy atom. The van der Waals surface area contributed by atoms with Crippen molar-refractivity contribution in [2.45, 2.75) is 44.9 Å². The average Bonchev–Trinajstić information content (AvgIpc) is 2.36. The third-order valence-corrected chi connectivity index (χ3v) is 2.69. The molecule has 0 aromatic heterocycles. The van der Waals surface area contributed by atoms with Gasteiger partial charge in [-0.15, -0.1) is 0 Å². The van der Waals surface area contributed by atoms with Crippen LogP contribution in [-0.2, 0) is 38.1 Å². The zero-order valence-electron chi connectivity index (χ0n) is 11.8. The summed E-state index contributed by atoms with van der Waals surface area (Å²) in [7, 11) is 2.54. The zero-order chi connectivity index (χ0) is 15.3. The molecule has 20 heavy (non-hydrogen) atoms. The van der Waals surface area contributed by atoms with Gasteiger partial charge >= 0.3 is 17.9 Å². The van der Waals surface area contributed by atoms with Crippen LogP contribution in [0.2, 0.25) is 0 Å². The van der Waals surface area contributed by atoms with Crippen molar-refractivity contribution in [3.63, 3.8) is 0 Å². The predicted octanol–water partition coefficient (Wildman–Crippen LogP) is -0.216. The first kappa shape index (κ1) is 16.4. The number of ether oxygens (including phenoxy) is 5. The van der Waals surface area contributed by atoms with Crippen LogP contribution in [0.5, 0.6) is 0 Å². The summed E-state index contributed by atoms with van der Waals surface area (Å²) in [4.78, 5) is 33.8. The van der Waals surface area contributed by atoms with E-state index in [9.17, 15) is 14.4 Å². The van der Waals surface area contributed by atoms with Crippen LogP contribution in [0.15, 0.2) is 0 Å². The van der Waals surface area contributed by atoms with Gasteiger partial charge in [-0.2, -0.15) is 0 Å². The lowest BCUT2D eigenvalue weighted by Gasteiger charge is -2.37. The molecule has 0 N–H and O–H groups in total. The maximum Gasteiger partial charge on any atom is 0.339 e. The Morgan fingerprint density at radius 3 is 2.00 bits per heavy atom. The molecule has 1 heterocycles. The molecule has 1 saturated heterocycles. The number of carbonyl (C=O) groups excluding carboxylic acids is 3. The van der Waals surface area contributed by atoms with E-state index in [0.717, 1.165) is 0 Å². The maximum absolute atomic E-state index is 11.6. The number of carbonyl (C=O) groups is 3. The van der Waals surface area contributed by atoms with E-state index < -0.39 is 42.5 Å². The van der Waals surface area contributed by atoms with Crippen LogP contribution in [0.4, 0.5) is 0 Å². The summed E-state index contributed by atoms with van der Waals surface area (Å²) in [6.45, 7) is 2.44. The SMILES string of the molecule is COC(=O)C1OC(OC)[C@H](OC(C)=O)C[C@@H]1OC(C)=O. The van der Waals surface area contributed by atoms with E-state index in [1.165, 1.54) is 28.1 Å². The summed E-state index contributed by atoms with van der Waals surface area (Å²) in [5, 5.41) is 0. The molecule has 0 saturated carbocycles. The molecule has 1 rings (SSSR count). The molecule has 1 fully saturated rings. The molecule has 0 amide bonds. The Labute approximate surface area is 116 Å². The topological polar surface area (TPSA) is 97.4 Å². The van der Waals surface area contributed by atoms with Crippen molar-refractivity contribution in [2.24, 2.45) is 0 Å². The van der Waals surface area contributed by atoms with Crippen LogP contribution in [0, 0.1) is 0 Å². The van der Waals surface area contributed by atoms with Crippen molar-refractivity contribution in [3.8, 4) is 0 Å². The van der Waals surface area contributed by atoms with Crippen molar-refractivity contribution >= 4 is 17.9 Å². The maximum atomic E-state index is 11.6. The van der Waals surface area contributed by atoms with Crippen molar-refractivity contribution in [1.82, 2.24) is 0 Å². The van der Waals surface area contributed by atoms with Crippen molar-refractivity contribution in [3.05, 3.63) is 0 Å². The second kappa shape index (κ2) is 7.20. The van der Waals surface area contributed by atoms with E-state index in [1.54, 1.807) is 0 Å². The minimum absolute atomic E-state index is 0.0808. The summed E-state index contributed by atoms with van der Waals surface area (Å²) >= 11 is 0. The second-order valence-corrected chi connectivity index (χ2v) is 4.22. The van der Waals surface area contributed by atoms with Gasteiger partial charge < -0.3 is 23.7 Å². The van der Waals surface area contributed by atoms with E-state index in [4.69, 9.17) is 18.9 Å². The molecule has 8 nitrogen and oxygen atoms in total. The first-order chi connectivity index (χ1) is 9.38. The van der Waals surface area contributed by atoms with Crippen molar-refractivity contribution in [2.75, 3.05) is 14.2 Å². The molecule has 1 aliphatic heterocycles. The van der Waals surface area contributed by atoms with Crippen LogP contribution in [0.25, 0.3) is 0 Å². The van der Waals surface area contributed by atoms with Gasteiger partial charge in [0, 0.05) is 27.4 Å². The molecule has 0 spiro atoms. The monoisotopic (exact) mass is 290 g/mol. The summed E-state index contributed by atoms with van der Waals surface area (Å²) < 4.78 is 25.0. The third kappa shape index (κ3) is 4.17. The Hall–Kier alpha value is -1.67. The van der Waals surface area contributed by atoms with Crippen molar-refractivity contribution in [1.29, 1.82) is 0 Å². The molecule has 0 bridgehead atoms. The van der Waals surface area contributed by atoms with Crippen LogP contribution < -0.4 is 0 Å². The Morgan fingerprint density at radius 1 is 1.00 bits per heavy atom. The van der Waals surface area contributed by atoms with Crippen LogP contribution >= 0.6 is 0 Å². The molecule has 8 heteroatoms. The minimum Gasteiger partial charge on any atom is -0.467 e. The van der Waals surface area contributed by atoms with E-state index >= 15 is 0 Å². The van der Waals surface area contributed by atoms with E-state index in [-0.39, 0.29) is 6.42 Å². The van der Waals surface area contributed by atoms with Gasteiger partial charge in [0.05, 0.1) is 7.11 Å². The van der Waals surface area contributed by atoms with Crippen LogP contribution in [0.3, 0.4) is 0 Å². The predicted molar refractivity (Wildman–Crippen MR) is 63.4 cm³/mol. The molecular weight excluding hydrogens is 272 g/mol. The highest BCUT2D eigenvalue weighted by Crippen LogP contribution is 2.26. The Balaban J connectivity index is 2.88. The lowest BCUT2D eigenvalue weighted by atomic mass is 10.0. The Bertz CT molecular complexity index is 380. The second-order valence-electron chi connectivity index (χ2n) is 4.22. The highest BCUT2D eigenvalue weighted by Gasteiger charge is 2.45. The van der Waals surface area contributed by atoms with Gasteiger partial charge in [0.1, 0.15) is 6.10 Å². The van der Waals surface area contributed by atoms with Gasteiger partial charge in [0.2, 0.25) is 0 Å². The van der Waals surface area contributed by atoms with Crippen LogP contribution in [-0.4, -0.2) is 56.7 Å². The summed E-state index contributed by atoms with van der Waals surface area (Å²) in [6, 6.07) is 0. The molecule has 0 aliphatic carbocycles. The number of esters is 3. The van der Waals surface area contributed by atoms with E-state index in [1.807, 2.05) is 0 Å². The van der Waals surface area contributed by atoms with Gasteiger partial charge in [0.25, 0.3) is 0 Å². The van der Waals surface area contributed by atoms with Gasteiger partial charge in [0.15, 0.2) is 18.5 Å². The summed E-state index contributed by atoms with van der Waals surface area (Å²) in [6.07, 6.45) is -3.66. The van der Waals surface area contributed by atoms with Crippen LogP contribution in [0.1, 0.15) is 20.3 Å². The smallest absolute Gasteiger partial charge is 0.339 e. The lowest BCUT2D eigenvalue weighted by Crippen LogP contribution is -2.54. The highest BCUT2D eigenvalue weighted by molar-refractivity contribution is 5.76. The fourth-order valence-electron chi connectivity index (χ4n) is 1.95. The van der Waals surface area contributed by atoms with Crippen molar-refractivity contribution < 1.29 is 38.1 Å². The number of rotatable bonds is 4. The number of hydrogen-bond acceptors (Lipinski definition) is 8. The highest BCUT2D eigenvalue weighted by atomic mass is 16.7. The first-order valence-corrected chi connectivity index (χ1v) is 5.99. The summed E-state index contributed by atoms with van der Waals surface area (Å²) in [5.74, 6) is -1.80. The summed E-state index contributed by atoms with van der Waals surface area (Å²) in [5.41, 5.74) is 0.